The van der Waals surface area contributed by atoms with Crippen LogP contribution in [0.5, 0.6) is 0 Å². The Bertz CT molecular complexity index is 357. The summed E-state index contributed by atoms with van der Waals surface area (Å²) in [6.45, 7) is 3.86. The number of aliphatic hydroxyl groups is 1. The predicted octanol–water partition coefficient (Wildman–Crippen LogP) is 2.38. The number of nitrogens with zero attached hydrogens (tertiary/aromatic N) is 3. The fourth-order valence-electron chi connectivity index (χ4n) is 1.59. The van der Waals surface area contributed by atoms with Gasteiger partial charge >= 0.3 is 0 Å². The maximum absolute atomic E-state index is 10.2. The maximum Gasteiger partial charge on any atom is 0.106 e. The van der Waals surface area contributed by atoms with Gasteiger partial charge in [0.1, 0.15) is 6.10 Å². The summed E-state index contributed by atoms with van der Waals surface area (Å²) in [6.07, 6.45) is 2.44. The molecule has 0 fully saturated rings. The Hall–Kier alpha value is -0.0400. The highest BCUT2D eigenvalue weighted by Crippen LogP contribution is 2.26. The van der Waals surface area contributed by atoms with Crippen molar-refractivity contribution in [2.45, 2.75) is 26.0 Å². The zero-order chi connectivity index (χ0) is 13.5. The highest BCUT2D eigenvalue weighted by atomic mass is 79.9. The summed E-state index contributed by atoms with van der Waals surface area (Å²) in [5.41, 5.74) is 0.889. The molecule has 1 atom stereocenters. The first-order valence-corrected chi connectivity index (χ1v) is 8.12. The Morgan fingerprint density at radius 1 is 1.56 bits per heavy atom. The molecule has 0 radical (unpaired) electrons. The highest BCUT2D eigenvalue weighted by molar-refractivity contribution is 9.10. The lowest BCUT2D eigenvalue weighted by atomic mass is 10.3. The molecule has 0 aromatic carbocycles. The Morgan fingerprint density at radius 2 is 2.28 bits per heavy atom. The van der Waals surface area contributed by atoms with Gasteiger partial charge in [0.25, 0.3) is 0 Å². The quantitative estimate of drug-likeness (QED) is 0.740. The average Bonchev–Trinajstić information content (AvgIpc) is 2.68. The van der Waals surface area contributed by atoms with Crippen LogP contribution in [0.15, 0.2) is 10.7 Å². The lowest BCUT2D eigenvalue weighted by molar-refractivity contribution is 0.189. The zero-order valence-corrected chi connectivity index (χ0v) is 13.7. The summed E-state index contributed by atoms with van der Waals surface area (Å²) in [4.78, 5) is 2.11. The summed E-state index contributed by atoms with van der Waals surface area (Å²) >= 11 is 5.25. The normalized spacial score (nSPS) is 13.2. The largest absolute Gasteiger partial charge is 0.386 e. The van der Waals surface area contributed by atoms with Gasteiger partial charge in [-0.05, 0) is 42.2 Å². The second kappa shape index (κ2) is 8.19. The number of aromatic nitrogens is 2. The Balaban J connectivity index is 2.64. The summed E-state index contributed by atoms with van der Waals surface area (Å²) in [7, 11) is 4.07. The molecule has 0 saturated carbocycles. The van der Waals surface area contributed by atoms with E-state index in [0.29, 0.717) is 0 Å². The molecule has 4 nitrogen and oxygen atoms in total. The van der Waals surface area contributed by atoms with E-state index in [2.05, 4.69) is 32.9 Å². The van der Waals surface area contributed by atoms with E-state index in [4.69, 9.17) is 0 Å². The van der Waals surface area contributed by atoms with Gasteiger partial charge in [0, 0.05) is 12.3 Å². The Labute approximate surface area is 122 Å². The van der Waals surface area contributed by atoms with E-state index in [1.165, 1.54) is 0 Å². The molecule has 0 aliphatic rings. The van der Waals surface area contributed by atoms with Crippen molar-refractivity contribution in [3.8, 4) is 0 Å². The van der Waals surface area contributed by atoms with Crippen molar-refractivity contribution in [2.24, 2.45) is 0 Å². The molecule has 1 unspecified atom stereocenters. The van der Waals surface area contributed by atoms with Gasteiger partial charge in [-0.2, -0.15) is 16.9 Å². The smallest absolute Gasteiger partial charge is 0.106 e. The van der Waals surface area contributed by atoms with Gasteiger partial charge in [-0.1, -0.05) is 6.92 Å². The van der Waals surface area contributed by atoms with Crippen LogP contribution >= 0.6 is 27.7 Å². The van der Waals surface area contributed by atoms with Crippen LogP contribution in [-0.2, 0) is 6.54 Å². The van der Waals surface area contributed by atoms with Crippen molar-refractivity contribution in [3.63, 3.8) is 0 Å². The third-order valence-electron chi connectivity index (χ3n) is 2.53. The number of hydrogen-bond acceptors (Lipinski definition) is 4. The molecule has 1 heterocycles. The summed E-state index contributed by atoms with van der Waals surface area (Å²) in [5.74, 6) is 1.81. The summed E-state index contributed by atoms with van der Waals surface area (Å²) in [5, 5.41) is 14.5. The van der Waals surface area contributed by atoms with Crippen molar-refractivity contribution in [1.29, 1.82) is 0 Å². The van der Waals surface area contributed by atoms with Crippen molar-refractivity contribution in [1.82, 2.24) is 14.7 Å². The lowest BCUT2D eigenvalue weighted by Gasteiger charge is -2.16. The molecule has 0 bridgehead atoms. The van der Waals surface area contributed by atoms with E-state index in [1.807, 2.05) is 18.8 Å². The number of aliphatic hydroxyl groups excluding tert-OH is 1. The molecular weight excluding hydrogens is 314 g/mol. The molecule has 1 aromatic heterocycles. The second-order valence-corrected chi connectivity index (χ2v) is 6.50. The molecule has 1 aromatic rings. The molecule has 0 aliphatic carbocycles. The van der Waals surface area contributed by atoms with Crippen molar-refractivity contribution in [3.05, 3.63) is 16.4 Å². The van der Waals surface area contributed by atoms with Crippen LogP contribution in [0, 0.1) is 0 Å². The zero-order valence-electron chi connectivity index (χ0n) is 11.3. The minimum Gasteiger partial charge on any atom is -0.386 e. The number of rotatable bonds is 8. The summed E-state index contributed by atoms with van der Waals surface area (Å²) < 4.78 is 2.78. The van der Waals surface area contributed by atoms with Gasteiger partial charge in [0.05, 0.1) is 22.9 Å². The van der Waals surface area contributed by atoms with Gasteiger partial charge < -0.3 is 10.0 Å². The topological polar surface area (TPSA) is 41.3 Å². The molecule has 6 heteroatoms. The molecule has 18 heavy (non-hydrogen) atoms. The first-order chi connectivity index (χ1) is 8.56. The number of halogens is 1. The molecule has 104 valence electrons. The van der Waals surface area contributed by atoms with Crippen LogP contribution in [0.1, 0.15) is 25.1 Å². The van der Waals surface area contributed by atoms with Crippen LogP contribution in [0.4, 0.5) is 0 Å². The molecule has 1 N–H and O–H groups in total. The van der Waals surface area contributed by atoms with Crippen LogP contribution in [0.2, 0.25) is 0 Å². The Kier molecular flexibility index (Phi) is 7.29. The van der Waals surface area contributed by atoms with Gasteiger partial charge in [0.15, 0.2) is 0 Å². The van der Waals surface area contributed by atoms with E-state index >= 15 is 0 Å². The molecule has 0 amide bonds. The minimum absolute atomic E-state index is 0.458. The van der Waals surface area contributed by atoms with Gasteiger partial charge in [-0.15, -0.1) is 0 Å². The van der Waals surface area contributed by atoms with E-state index in [0.717, 1.165) is 41.2 Å². The molecular formula is C12H22BrN3OS. The number of likely N-dealkylation sites (N-methyl/N-ethyl adjacent to an activating group) is 1. The van der Waals surface area contributed by atoms with E-state index in [9.17, 15) is 5.11 Å². The van der Waals surface area contributed by atoms with Crippen molar-refractivity contribution < 1.29 is 5.11 Å². The van der Waals surface area contributed by atoms with E-state index in [-0.39, 0.29) is 0 Å². The van der Waals surface area contributed by atoms with E-state index < -0.39 is 6.10 Å². The van der Waals surface area contributed by atoms with Crippen LogP contribution in [0.3, 0.4) is 0 Å². The highest BCUT2D eigenvalue weighted by Gasteiger charge is 2.17. The second-order valence-electron chi connectivity index (χ2n) is 4.49. The van der Waals surface area contributed by atoms with Crippen LogP contribution in [0.25, 0.3) is 0 Å². The van der Waals surface area contributed by atoms with Crippen LogP contribution in [-0.4, -0.2) is 51.9 Å². The number of hydrogen-bond donors (Lipinski definition) is 1. The monoisotopic (exact) mass is 335 g/mol. The molecule has 1 rings (SSSR count). The third kappa shape index (κ3) is 4.91. The van der Waals surface area contributed by atoms with E-state index in [1.54, 1.807) is 18.0 Å². The third-order valence-corrected chi connectivity index (χ3v) is 4.39. The van der Waals surface area contributed by atoms with Gasteiger partial charge in [-0.3, -0.25) is 4.68 Å². The standard InChI is InChI=1S/C12H22BrN3OS/c1-4-7-18-9-11(17)12-10(13)8-14-16(12)6-5-15(2)3/h8,11,17H,4-7,9H2,1-3H3. The lowest BCUT2D eigenvalue weighted by Crippen LogP contribution is -2.21. The molecule has 0 spiro atoms. The molecule has 0 aliphatic heterocycles. The first-order valence-electron chi connectivity index (χ1n) is 6.18. The molecule has 0 saturated heterocycles. The Morgan fingerprint density at radius 3 is 2.89 bits per heavy atom. The van der Waals surface area contributed by atoms with Crippen LogP contribution < -0.4 is 0 Å². The predicted molar refractivity (Wildman–Crippen MR) is 81.1 cm³/mol. The minimum atomic E-state index is -0.458. The number of thioether (sulfide) groups is 1. The fraction of sp³-hybridized carbons (Fsp3) is 0.750. The van der Waals surface area contributed by atoms with Crippen molar-refractivity contribution in [2.75, 3.05) is 32.1 Å². The summed E-state index contributed by atoms with van der Waals surface area (Å²) in [6, 6.07) is 0. The van der Waals surface area contributed by atoms with Gasteiger partial charge in [0.2, 0.25) is 0 Å². The average molecular weight is 336 g/mol. The fourth-order valence-corrected chi connectivity index (χ4v) is 2.99. The van der Waals surface area contributed by atoms with Crippen molar-refractivity contribution >= 4 is 27.7 Å². The maximum atomic E-state index is 10.2. The van der Waals surface area contributed by atoms with Gasteiger partial charge in [-0.25, -0.2) is 0 Å². The first kappa shape index (κ1) is 16.0. The SMILES string of the molecule is CCCSCC(O)c1c(Br)cnn1CCN(C)C.